The molecule has 0 aliphatic carbocycles. The molecule has 1 aliphatic heterocycles. The summed E-state index contributed by atoms with van der Waals surface area (Å²) in [5, 5.41) is 0.765. The van der Waals surface area contributed by atoms with Crippen LogP contribution in [0.1, 0.15) is 16.4 Å². The Hall–Kier alpha value is -2.20. The Morgan fingerprint density at radius 3 is 2.43 bits per heavy atom. The first kappa shape index (κ1) is 13.8. The zero-order chi connectivity index (χ0) is 14.7. The number of aliphatic imine (C=N–C) groups is 1. The summed E-state index contributed by atoms with van der Waals surface area (Å²) in [6.45, 7) is 0. The molecule has 3 nitrogen and oxygen atoms in total. The summed E-state index contributed by atoms with van der Waals surface area (Å²) in [5.74, 6) is 0.855. The van der Waals surface area contributed by atoms with E-state index in [1.807, 2.05) is 42.5 Å². The van der Waals surface area contributed by atoms with Crippen molar-refractivity contribution in [3.8, 4) is 5.75 Å². The van der Waals surface area contributed by atoms with Crippen molar-refractivity contribution in [3.63, 3.8) is 0 Å². The van der Waals surface area contributed by atoms with Gasteiger partial charge in [0.1, 0.15) is 5.75 Å². The van der Waals surface area contributed by atoms with Crippen molar-refractivity contribution in [2.45, 2.75) is 5.25 Å². The minimum atomic E-state index is 0.170. The number of benzene rings is 2. The molecular formula is C17H16N2OS. The van der Waals surface area contributed by atoms with E-state index in [2.05, 4.69) is 23.2 Å². The van der Waals surface area contributed by atoms with Gasteiger partial charge in [0.15, 0.2) is 5.17 Å². The molecule has 0 unspecified atom stereocenters. The zero-order valence-electron chi connectivity index (χ0n) is 11.7. The second-order valence-electron chi connectivity index (χ2n) is 4.68. The van der Waals surface area contributed by atoms with Gasteiger partial charge in [-0.2, -0.15) is 0 Å². The molecule has 2 aromatic rings. The van der Waals surface area contributed by atoms with Gasteiger partial charge < -0.3 is 10.5 Å². The lowest BCUT2D eigenvalue weighted by atomic mass is 10.1. The van der Waals surface area contributed by atoms with Gasteiger partial charge in [-0.25, -0.2) is 4.99 Å². The number of amidine groups is 1. The van der Waals surface area contributed by atoms with Crippen LogP contribution in [0.25, 0.3) is 5.70 Å². The van der Waals surface area contributed by atoms with Crippen LogP contribution >= 0.6 is 11.8 Å². The smallest absolute Gasteiger partial charge is 0.160 e. The van der Waals surface area contributed by atoms with Gasteiger partial charge in [-0.3, -0.25) is 0 Å². The van der Waals surface area contributed by atoms with Gasteiger partial charge in [0.2, 0.25) is 0 Å². The summed E-state index contributed by atoms with van der Waals surface area (Å²) in [6.07, 6.45) is 2.15. The largest absolute Gasteiger partial charge is 0.497 e. The molecule has 0 spiro atoms. The fourth-order valence-electron chi connectivity index (χ4n) is 2.22. The lowest BCUT2D eigenvalue weighted by molar-refractivity contribution is 0.414. The molecule has 0 amide bonds. The minimum absolute atomic E-state index is 0.170. The van der Waals surface area contributed by atoms with E-state index in [9.17, 15) is 0 Å². The second kappa shape index (κ2) is 6.06. The Balaban J connectivity index is 1.93. The van der Waals surface area contributed by atoms with Crippen molar-refractivity contribution in [2.75, 3.05) is 7.11 Å². The summed E-state index contributed by atoms with van der Waals surface area (Å²) in [6, 6.07) is 18.2. The Bertz CT molecular complexity index is 678. The molecule has 21 heavy (non-hydrogen) atoms. The SMILES string of the molecule is COc1ccc([C@@H]2C=C(c3ccccc3)N=C(N)S2)cc1. The standard InChI is InChI=1S/C17H16N2OS/c1-20-14-9-7-13(8-10-14)16-11-15(19-17(18)21-16)12-5-3-2-4-6-12/h2-11,16H,1H3,(H2,18,19)/t16-/m0/s1. The first-order valence-corrected chi connectivity index (χ1v) is 7.56. The van der Waals surface area contributed by atoms with Crippen LogP contribution in [0.15, 0.2) is 65.7 Å². The number of thioether (sulfide) groups is 1. The third-order valence-corrected chi connectivity index (χ3v) is 4.30. The van der Waals surface area contributed by atoms with E-state index < -0.39 is 0 Å². The molecular weight excluding hydrogens is 280 g/mol. The molecule has 1 aliphatic rings. The molecule has 0 saturated carbocycles. The molecule has 0 saturated heterocycles. The third kappa shape index (κ3) is 3.11. The number of nitrogens with two attached hydrogens (primary N) is 1. The molecule has 4 heteroatoms. The predicted molar refractivity (Wildman–Crippen MR) is 89.4 cm³/mol. The Kier molecular flexibility index (Phi) is 3.97. The molecule has 0 aromatic heterocycles. The summed E-state index contributed by atoms with van der Waals surface area (Å²) in [4.78, 5) is 4.46. The van der Waals surface area contributed by atoms with Gasteiger partial charge in [-0.15, -0.1) is 0 Å². The van der Waals surface area contributed by atoms with Crippen molar-refractivity contribution in [1.29, 1.82) is 0 Å². The van der Waals surface area contributed by atoms with Gasteiger partial charge in [0.25, 0.3) is 0 Å². The first-order valence-electron chi connectivity index (χ1n) is 6.68. The van der Waals surface area contributed by atoms with Crippen molar-refractivity contribution >= 4 is 22.6 Å². The molecule has 0 fully saturated rings. The normalized spacial score (nSPS) is 17.9. The maximum absolute atomic E-state index is 5.99. The fraction of sp³-hybridized carbons (Fsp3) is 0.118. The highest BCUT2D eigenvalue weighted by molar-refractivity contribution is 8.14. The van der Waals surface area contributed by atoms with Crippen molar-refractivity contribution in [3.05, 3.63) is 71.8 Å². The predicted octanol–water partition coefficient (Wildman–Crippen LogP) is 3.84. The number of methoxy groups -OCH3 is 1. The first-order chi connectivity index (χ1) is 10.3. The van der Waals surface area contributed by atoms with E-state index in [4.69, 9.17) is 10.5 Å². The van der Waals surface area contributed by atoms with E-state index in [0.29, 0.717) is 5.17 Å². The lowest BCUT2D eigenvalue weighted by Crippen LogP contribution is -2.12. The van der Waals surface area contributed by atoms with Gasteiger partial charge in [-0.1, -0.05) is 54.2 Å². The second-order valence-corrected chi connectivity index (χ2v) is 5.84. The van der Waals surface area contributed by atoms with E-state index in [-0.39, 0.29) is 5.25 Å². The fourth-order valence-corrected chi connectivity index (χ4v) is 3.12. The summed E-state index contributed by atoms with van der Waals surface area (Å²) < 4.78 is 5.20. The van der Waals surface area contributed by atoms with Crippen LogP contribution in [-0.4, -0.2) is 12.3 Å². The minimum Gasteiger partial charge on any atom is -0.497 e. The molecule has 3 rings (SSSR count). The van der Waals surface area contributed by atoms with Crippen molar-refractivity contribution < 1.29 is 4.74 Å². The molecule has 0 radical (unpaired) electrons. The Morgan fingerprint density at radius 2 is 1.76 bits per heavy atom. The van der Waals surface area contributed by atoms with Crippen LogP contribution in [0.2, 0.25) is 0 Å². The average Bonchev–Trinajstić information content (AvgIpc) is 2.55. The van der Waals surface area contributed by atoms with E-state index in [1.54, 1.807) is 18.9 Å². The maximum atomic E-state index is 5.99. The average molecular weight is 296 g/mol. The van der Waals surface area contributed by atoms with Crippen LogP contribution < -0.4 is 10.5 Å². The molecule has 1 atom stereocenters. The molecule has 1 heterocycles. The number of ether oxygens (including phenoxy) is 1. The van der Waals surface area contributed by atoms with Crippen LogP contribution in [0, 0.1) is 0 Å². The number of hydrogen-bond acceptors (Lipinski definition) is 4. The molecule has 2 aromatic carbocycles. The zero-order valence-corrected chi connectivity index (χ0v) is 12.5. The molecule has 106 valence electrons. The van der Waals surface area contributed by atoms with Crippen LogP contribution in [0.3, 0.4) is 0 Å². The van der Waals surface area contributed by atoms with Gasteiger partial charge in [-0.05, 0) is 29.3 Å². The Morgan fingerprint density at radius 1 is 1.05 bits per heavy atom. The van der Waals surface area contributed by atoms with Crippen LogP contribution in [0.4, 0.5) is 0 Å². The highest BCUT2D eigenvalue weighted by Crippen LogP contribution is 2.38. The number of hydrogen-bond donors (Lipinski definition) is 1. The van der Waals surface area contributed by atoms with E-state index >= 15 is 0 Å². The van der Waals surface area contributed by atoms with E-state index in [1.165, 1.54) is 5.56 Å². The highest BCUT2D eigenvalue weighted by Gasteiger charge is 2.18. The summed E-state index contributed by atoms with van der Waals surface area (Å²) in [7, 11) is 1.67. The van der Waals surface area contributed by atoms with Gasteiger partial charge >= 0.3 is 0 Å². The van der Waals surface area contributed by atoms with Crippen molar-refractivity contribution in [2.24, 2.45) is 10.7 Å². The Labute approximate surface area is 128 Å². The number of nitrogens with zero attached hydrogens (tertiary/aromatic N) is 1. The number of rotatable bonds is 3. The van der Waals surface area contributed by atoms with E-state index in [0.717, 1.165) is 17.0 Å². The maximum Gasteiger partial charge on any atom is 0.160 e. The monoisotopic (exact) mass is 296 g/mol. The lowest BCUT2D eigenvalue weighted by Gasteiger charge is -2.19. The molecule has 2 N–H and O–H groups in total. The highest BCUT2D eigenvalue weighted by atomic mass is 32.2. The van der Waals surface area contributed by atoms with Crippen molar-refractivity contribution in [1.82, 2.24) is 0 Å². The van der Waals surface area contributed by atoms with Crippen LogP contribution in [0.5, 0.6) is 5.75 Å². The summed E-state index contributed by atoms with van der Waals surface area (Å²) in [5.41, 5.74) is 9.19. The topological polar surface area (TPSA) is 47.6 Å². The van der Waals surface area contributed by atoms with Crippen LogP contribution in [-0.2, 0) is 0 Å². The summed E-state index contributed by atoms with van der Waals surface area (Å²) >= 11 is 1.56. The third-order valence-electron chi connectivity index (χ3n) is 3.30. The molecule has 0 bridgehead atoms. The van der Waals surface area contributed by atoms with Gasteiger partial charge in [0.05, 0.1) is 18.1 Å². The van der Waals surface area contributed by atoms with Gasteiger partial charge in [0, 0.05) is 0 Å². The quantitative estimate of drug-likeness (QED) is 0.936.